The van der Waals surface area contributed by atoms with Gasteiger partial charge in [-0.2, -0.15) is 0 Å². The van der Waals surface area contributed by atoms with Gasteiger partial charge in [0, 0.05) is 17.6 Å². The lowest BCUT2D eigenvalue weighted by Gasteiger charge is -2.09. The molecule has 0 bridgehead atoms. The van der Waals surface area contributed by atoms with Crippen molar-refractivity contribution in [2.75, 3.05) is 17.2 Å². The number of carbonyl (C=O) groups excluding carboxylic acids is 2. The van der Waals surface area contributed by atoms with Crippen molar-refractivity contribution >= 4 is 63.7 Å². The van der Waals surface area contributed by atoms with E-state index in [0.717, 1.165) is 5.56 Å². The summed E-state index contributed by atoms with van der Waals surface area (Å²) in [6.45, 7) is 2.85. The number of benzene rings is 2. The van der Waals surface area contributed by atoms with Gasteiger partial charge in [0.1, 0.15) is 0 Å². The molecule has 2 amide bonds. The maximum Gasteiger partial charge on any atom is 0.265 e. The highest BCUT2D eigenvalue weighted by molar-refractivity contribution is 6.42. The number of nitrogens with one attached hydrogen (secondary N) is 2. The van der Waals surface area contributed by atoms with E-state index in [-0.39, 0.29) is 28.2 Å². The molecule has 0 aliphatic carbocycles. The van der Waals surface area contributed by atoms with Crippen LogP contribution in [-0.4, -0.2) is 24.1 Å². The summed E-state index contributed by atoms with van der Waals surface area (Å²) in [5.74, 6) is -0.623. The number of hydrogen-bond donors (Lipinski definition) is 2. The number of halogens is 3. The second-order valence-electron chi connectivity index (χ2n) is 5.50. The molecule has 6 nitrogen and oxygen atoms in total. The Labute approximate surface area is 171 Å². The van der Waals surface area contributed by atoms with Gasteiger partial charge in [0.05, 0.1) is 21.4 Å². The summed E-state index contributed by atoms with van der Waals surface area (Å²) >= 11 is 17.8. The molecule has 2 rings (SSSR count). The molecule has 0 fully saturated rings. The van der Waals surface area contributed by atoms with Crippen molar-refractivity contribution in [2.24, 2.45) is 5.16 Å². The quantitative estimate of drug-likeness (QED) is 0.503. The molecule has 0 saturated heterocycles. The molecular weight excluding hydrogens is 413 g/mol. The first-order chi connectivity index (χ1) is 12.8. The maximum atomic E-state index is 12.0. The fraction of sp³-hybridized carbons (Fsp3) is 0.167. The van der Waals surface area contributed by atoms with E-state index < -0.39 is 5.91 Å². The lowest BCUT2D eigenvalue weighted by molar-refractivity contribution is -0.120. The van der Waals surface area contributed by atoms with Crippen LogP contribution in [0.25, 0.3) is 0 Å². The van der Waals surface area contributed by atoms with E-state index in [9.17, 15) is 9.59 Å². The molecule has 0 spiro atoms. The Morgan fingerprint density at radius 3 is 2.15 bits per heavy atom. The summed E-state index contributed by atoms with van der Waals surface area (Å²) in [7, 11) is 0. The molecule has 0 unspecified atom stereocenters. The van der Waals surface area contributed by atoms with Gasteiger partial charge >= 0.3 is 0 Å². The number of hydrogen-bond acceptors (Lipinski definition) is 4. The van der Waals surface area contributed by atoms with Crippen LogP contribution in [0.2, 0.25) is 15.1 Å². The minimum Gasteiger partial charge on any atom is -0.385 e. The summed E-state index contributed by atoms with van der Waals surface area (Å²) in [6.07, 6.45) is 0. The summed E-state index contributed by atoms with van der Waals surface area (Å²) in [6, 6.07) is 9.98. The minimum absolute atomic E-state index is 0.150. The normalized spacial score (nSPS) is 11.1. The number of nitrogens with zero attached hydrogens (tertiary/aromatic N) is 1. The van der Waals surface area contributed by atoms with Crippen LogP contribution >= 0.6 is 34.8 Å². The van der Waals surface area contributed by atoms with Crippen LogP contribution < -0.4 is 10.6 Å². The van der Waals surface area contributed by atoms with Gasteiger partial charge in [-0.15, -0.1) is 0 Å². The SMILES string of the molecule is CC(=O)Nc1ccc(/C(C)=N/OCC(=O)Nc2c(Cl)cc(Cl)cc2Cl)cc1. The molecule has 0 saturated carbocycles. The van der Waals surface area contributed by atoms with Crippen LogP contribution in [0.5, 0.6) is 0 Å². The highest BCUT2D eigenvalue weighted by atomic mass is 35.5. The monoisotopic (exact) mass is 427 g/mol. The Bertz CT molecular complexity index is 860. The molecular formula is C18H16Cl3N3O3. The lowest BCUT2D eigenvalue weighted by atomic mass is 10.1. The predicted octanol–water partition coefficient (Wildman–Crippen LogP) is 4.98. The van der Waals surface area contributed by atoms with Gasteiger partial charge in [0.2, 0.25) is 5.91 Å². The topological polar surface area (TPSA) is 79.8 Å². The Morgan fingerprint density at radius 1 is 1.00 bits per heavy atom. The minimum atomic E-state index is -0.473. The van der Waals surface area contributed by atoms with E-state index in [1.54, 1.807) is 31.2 Å². The van der Waals surface area contributed by atoms with Crippen LogP contribution in [0.1, 0.15) is 19.4 Å². The zero-order valence-corrected chi connectivity index (χ0v) is 16.7. The van der Waals surface area contributed by atoms with Gasteiger partial charge in [-0.25, -0.2) is 0 Å². The summed E-state index contributed by atoms with van der Waals surface area (Å²) in [5, 5.41) is 9.94. The van der Waals surface area contributed by atoms with E-state index in [1.165, 1.54) is 19.1 Å². The molecule has 2 aromatic carbocycles. The highest BCUT2D eigenvalue weighted by Crippen LogP contribution is 2.33. The zero-order chi connectivity index (χ0) is 20.0. The summed E-state index contributed by atoms with van der Waals surface area (Å²) < 4.78 is 0. The van der Waals surface area contributed by atoms with Gasteiger partial charge in [-0.05, 0) is 36.8 Å². The molecule has 2 N–H and O–H groups in total. The number of oxime groups is 1. The van der Waals surface area contributed by atoms with Crippen LogP contribution in [-0.2, 0) is 14.4 Å². The molecule has 0 radical (unpaired) electrons. The predicted molar refractivity (Wildman–Crippen MR) is 109 cm³/mol. The smallest absolute Gasteiger partial charge is 0.265 e. The van der Waals surface area contributed by atoms with Crippen LogP contribution in [0.3, 0.4) is 0 Å². The third-order valence-electron chi connectivity index (χ3n) is 3.29. The molecule has 2 aromatic rings. The molecule has 27 heavy (non-hydrogen) atoms. The molecule has 0 aromatic heterocycles. The molecule has 0 heterocycles. The molecule has 142 valence electrons. The average Bonchev–Trinajstić information content (AvgIpc) is 2.58. The fourth-order valence-corrected chi connectivity index (χ4v) is 2.99. The third-order valence-corrected chi connectivity index (χ3v) is 4.11. The fourth-order valence-electron chi connectivity index (χ4n) is 2.08. The van der Waals surface area contributed by atoms with E-state index in [4.69, 9.17) is 39.6 Å². The maximum absolute atomic E-state index is 12.0. The van der Waals surface area contributed by atoms with Gasteiger partial charge in [0.25, 0.3) is 5.91 Å². The largest absolute Gasteiger partial charge is 0.385 e. The average molecular weight is 429 g/mol. The van der Waals surface area contributed by atoms with Crippen LogP contribution in [0.4, 0.5) is 11.4 Å². The second kappa shape index (κ2) is 9.60. The first-order valence-electron chi connectivity index (χ1n) is 7.75. The molecule has 0 aliphatic heterocycles. The van der Waals surface area contributed by atoms with Gasteiger partial charge in [-0.3, -0.25) is 9.59 Å². The highest BCUT2D eigenvalue weighted by Gasteiger charge is 2.12. The number of rotatable bonds is 6. The molecule has 9 heteroatoms. The Balaban J connectivity index is 1.92. The standard InChI is InChI=1S/C18H16Cl3N3O3/c1-10(12-3-5-14(6-4-12)22-11(2)25)24-27-9-17(26)23-18-15(20)7-13(19)8-16(18)21/h3-8H,9H2,1-2H3,(H,22,25)(H,23,26)/b24-10+. The second-order valence-corrected chi connectivity index (χ2v) is 6.75. The van der Waals surface area contributed by atoms with E-state index in [0.29, 0.717) is 16.4 Å². The van der Waals surface area contributed by atoms with E-state index >= 15 is 0 Å². The van der Waals surface area contributed by atoms with Gasteiger partial charge in [-0.1, -0.05) is 52.1 Å². The van der Waals surface area contributed by atoms with Gasteiger partial charge in [0.15, 0.2) is 6.61 Å². The van der Waals surface area contributed by atoms with Crippen molar-refractivity contribution < 1.29 is 14.4 Å². The van der Waals surface area contributed by atoms with E-state index in [2.05, 4.69) is 15.8 Å². The van der Waals surface area contributed by atoms with Crippen molar-refractivity contribution in [3.05, 3.63) is 57.0 Å². The Kier molecular flexibility index (Phi) is 7.47. The summed E-state index contributed by atoms with van der Waals surface area (Å²) in [4.78, 5) is 28.1. The van der Waals surface area contributed by atoms with Crippen molar-refractivity contribution in [1.29, 1.82) is 0 Å². The van der Waals surface area contributed by atoms with Crippen LogP contribution in [0.15, 0.2) is 41.6 Å². The number of amides is 2. The number of carbonyl (C=O) groups is 2. The van der Waals surface area contributed by atoms with Crippen molar-refractivity contribution in [2.45, 2.75) is 13.8 Å². The zero-order valence-electron chi connectivity index (χ0n) is 14.5. The number of anilines is 2. The van der Waals surface area contributed by atoms with Crippen molar-refractivity contribution in [3.63, 3.8) is 0 Å². The third kappa shape index (κ3) is 6.43. The first kappa shape index (κ1) is 21.0. The van der Waals surface area contributed by atoms with Crippen molar-refractivity contribution in [3.8, 4) is 0 Å². The van der Waals surface area contributed by atoms with E-state index in [1.807, 2.05) is 0 Å². The summed E-state index contributed by atoms with van der Waals surface area (Å²) in [5.41, 5.74) is 2.29. The Hall–Kier alpha value is -2.28. The molecule has 0 atom stereocenters. The van der Waals surface area contributed by atoms with Crippen molar-refractivity contribution in [1.82, 2.24) is 0 Å². The Morgan fingerprint density at radius 2 is 1.59 bits per heavy atom. The van der Waals surface area contributed by atoms with Gasteiger partial charge < -0.3 is 15.5 Å². The lowest BCUT2D eigenvalue weighted by Crippen LogP contribution is -2.18. The first-order valence-corrected chi connectivity index (χ1v) is 8.88. The molecule has 0 aliphatic rings. The van der Waals surface area contributed by atoms with Crippen LogP contribution in [0, 0.1) is 0 Å².